The fourth-order valence-electron chi connectivity index (χ4n) is 4.61. The third-order valence-corrected chi connectivity index (χ3v) is 6.70. The molecule has 1 amide bonds. The lowest BCUT2D eigenvalue weighted by atomic mass is 10.2. The summed E-state index contributed by atoms with van der Waals surface area (Å²) in [6, 6.07) is 11.3. The molecular formula is C27H31FN6O2. The summed E-state index contributed by atoms with van der Waals surface area (Å²) in [5.74, 6) is 0.262. The van der Waals surface area contributed by atoms with Gasteiger partial charge in [0, 0.05) is 24.0 Å². The highest BCUT2D eigenvalue weighted by Crippen LogP contribution is 2.29. The van der Waals surface area contributed by atoms with Gasteiger partial charge in [0.2, 0.25) is 0 Å². The smallest absolute Gasteiger partial charge is 0.299 e. The van der Waals surface area contributed by atoms with Crippen molar-refractivity contribution in [2.24, 2.45) is 5.92 Å². The van der Waals surface area contributed by atoms with Gasteiger partial charge >= 0.3 is 0 Å². The van der Waals surface area contributed by atoms with Crippen LogP contribution in [0.2, 0.25) is 0 Å². The van der Waals surface area contributed by atoms with Crippen LogP contribution in [0.3, 0.4) is 0 Å². The minimum Gasteiger partial charge on any atom is -0.352 e. The molecule has 2 heterocycles. The monoisotopic (exact) mass is 490 g/mol. The molecule has 188 valence electrons. The van der Waals surface area contributed by atoms with Crippen LogP contribution in [-0.2, 0) is 0 Å². The lowest BCUT2D eigenvalue weighted by Gasteiger charge is -2.21. The Morgan fingerprint density at radius 1 is 1.11 bits per heavy atom. The van der Waals surface area contributed by atoms with Crippen molar-refractivity contribution < 1.29 is 9.18 Å². The second kappa shape index (κ2) is 10.6. The van der Waals surface area contributed by atoms with Crippen LogP contribution in [0.1, 0.15) is 49.4 Å². The Labute approximate surface area is 208 Å². The van der Waals surface area contributed by atoms with Gasteiger partial charge in [-0.1, -0.05) is 19.1 Å². The Balaban J connectivity index is 1.20. The summed E-state index contributed by atoms with van der Waals surface area (Å²) >= 11 is 0. The Morgan fingerprint density at radius 2 is 1.89 bits per heavy atom. The maximum Gasteiger partial charge on any atom is 0.299 e. The van der Waals surface area contributed by atoms with E-state index in [4.69, 9.17) is 0 Å². The van der Waals surface area contributed by atoms with Gasteiger partial charge in [0.1, 0.15) is 5.52 Å². The first-order valence-electron chi connectivity index (χ1n) is 12.7. The number of hydrogen-bond donors (Lipinski definition) is 2. The molecule has 1 saturated carbocycles. The van der Waals surface area contributed by atoms with Crippen molar-refractivity contribution in [1.82, 2.24) is 30.2 Å². The standard InChI is InChI=1S/C27H31FN6O2/c1-2-15-33(17-18-8-9-18)16-4-3-14-29-26(35)19-10-12-20(13-11-19)34-27(36)25-24(32-34)21-6-5-7-22(28)23(21)30-31-25/h5-7,10-13,18,32H,2-4,8-9,14-17H2,1H3,(H,29,35). The molecule has 2 aromatic heterocycles. The van der Waals surface area contributed by atoms with Gasteiger partial charge in [-0.2, -0.15) is 0 Å². The van der Waals surface area contributed by atoms with E-state index in [0.717, 1.165) is 31.8 Å². The summed E-state index contributed by atoms with van der Waals surface area (Å²) in [7, 11) is 0. The zero-order chi connectivity index (χ0) is 25.1. The maximum absolute atomic E-state index is 14.1. The predicted molar refractivity (Wildman–Crippen MR) is 138 cm³/mol. The van der Waals surface area contributed by atoms with E-state index in [0.29, 0.717) is 28.7 Å². The molecule has 0 spiro atoms. The SMILES string of the molecule is CCCN(CCCCNC(=O)c1ccc(-n2[nH]c3c(nnc4c(F)cccc43)c2=O)cc1)CC1CC1. The number of halogens is 1. The number of nitrogens with one attached hydrogen (secondary N) is 2. The quantitative estimate of drug-likeness (QED) is 0.310. The van der Waals surface area contributed by atoms with Crippen LogP contribution >= 0.6 is 0 Å². The number of rotatable bonds is 11. The molecule has 1 aliphatic carbocycles. The minimum absolute atomic E-state index is 0.103. The highest BCUT2D eigenvalue weighted by molar-refractivity contribution is 6.01. The van der Waals surface area contributed by atoms with Crippen LogP contribution < -0.4 is 10.9 Å². The molecule has 5 rings (SSSR count). The average Bonchev–Trinajstić information content (AvgIpc) is 3.64. The molecule has 8 nitrogen and oxygen atoms in total. The minimum atomic E-state index is -0.498. The van der Waals surface area contributed by atoms with Crippen LogP contribution in [0.5, 0.6) is 0 Å². The number of aromatic nitrogens is 4. The predicted octanol–water partition coefficient (Wildman–Crippen LogP) is 4.03. The van der Waals surface area contributed by atoms with E-state index in [-0.39, 0.29) is 22.5 Å². The molecule has 0 unspecified atom stereocenters. The Morgan fingerprint density at radius 3 is 2.64 bits per heavy atom. The van der Waals surface area contributed by atoms with Gasteiger partial charge in [0.25, 0.3) is 11.5 Å². The average molecular weight is 491 g/mol. The normalized spacial score (nSPS) is 13.6. The number of carbonyl (C=O) groups excluding carboxylic acids is 1. The lowest BCUT2D eigenvalue weighted by molar-refractivity contribution is 0.0952. The van der Waals surface area contributed by atoms with Crippen molar-refractivity contribution in [2.75, 3.05) is 26.2 Å². The summed E-state index contributed by atoms with van der Waals surface area (Å²) in [5, 5.41) is 14.3. The maximum atomic E-state index is 14.1. The van der Waals surface area contributed by atoms with Gasteiger partial charge in [0.15, 0.2) is 11.3 Å². The number of aromatic amines is 1. The van der Waals surface area contributed by atoms with Gasteiger partial charge in [-0.15, -0.1) is 10.2 Å². The van der Waals surface area contributed by atoms with E-state index in [1.54, 1.807) is 36.4 Å². The molecule has 9 heteroatoms. The Bertz CT molecular complexity index is 1420. The third-order valence-electron chi connectivity index (χ3n) is 6.70. The van der Waals surface area contributed by atoms with Crippen LogP contribution in [-0.4, -0.2) is 57.0 Å². The van der Waals surface area contributed by atoms with Gasteiger partial charge in [-0.05, 0) is 81.4 Å². The third kappa shape index (κ3) is 5.16. The van der Waals surface area contributed by atoms with E-state index >= 15 is 0 Å². The molecule has 1 aliphatic rings. The van der Waals surface area contributed by atoms with E-state index in [1.165, 1.54) is 36.6 Å². The number of benzene rings is 2. The van der Waals surface area contributed by atoms with E-state index < -0.39 is 5.82 Å². The number of nitrogens with zero attached hydrogens (tertiary/aromatic N) is 4. The van der Waals surface area contributed by atoms with Crippen LogP contribution in [0, 0.1) is 11.7 Å². The largest absolute Gasteiger partial charge is 0.352 e. The number of unbranched alkanes of at least 4 members (excludes halogenated alkanes) is 1. The molecule has 2 N–H and O–H groups in total. The molecular weight excluding hydrogens is 459 g/mol. The van der Waals surface area contributed by atoms with Crippen molar-refractivity contribution >= 4 is 27.8 Å². The second-order valence-electron chi connectivity index (χ2n) is 9.57. The van der Waals surface area contributed by atoms with E-state index in [2.05, 4.69) is 32.4 Å². The molecule has 2 aromatic carbocycles. The van der Waals surface area contributed by atoms with Crippen molar-refractivity contribution in [2.45, 2.75) is 39.0 Å². The van der Waals surface area contributed by atoms with Crippen molar-refractivity contribution in [3.63, 3.8) is 0 Å². The first-order chi connectivity index (χ1) is 17.5. The Hall–Kier alpha value is -3.59. The molecule has 0 saturated heterocycles. The Kier molecular flexibility index (Phi) is 7.09. The summed E-state index contributed by atoms with van der Waals surface area (Å²) < 4.78 is 15.4. The number of fused-ring (bicyclic) bond motifs is 3. The van der Waals surface area contributed by atoms with Gasteiger partial charge in [-0.3, -0.25) is 14.7 Å². The second-order valence-corrected chi connectivity index (χ2v) is 9.57. The van der Waals surface area contributed by atoms with E-state index in [1.807, 2.05) is 0 Å². The van der Waals surface area contributed by atoms with Gasteiger partial charge in [0.05, 0.1) is 11.2 Å². The zero-order valence-electron chi connectivity index (χ0n) is 20.5. The fourth-order valence-corrected chi connectivity index (χ4v) is 4.61. The highest BCUT2D eigenvalue weighted by Gasteiger charge is 2.23. The fraction of sp³-hybridized carbons (Fsp3) is 0.407. The van der Waals surface area contributed by atoms with Crippen molar-refractivity contribution in [3.8, 4) is 5.69 Å². The molecule has 1 fully saturated rings. The molecule has 4 aromatic rings. The zero-order valence-corrected chi connectivity index (χ0v) is 20.5. The van der Waals surface area contributed by atoms with Crippen LogP contribution in [0.4, 0.5) is 4.39 Å². The topological polar surface area (TPSA) is 95.9 Å². The number of amides is 1. The summed E-state index contributed by atoms with van der Waals surface area (Å²) in [6.45, 7) is 6.30. The van der Waals surface area contributed by atoms with E-state index in [9.17, 15) is 14.0 Å². The molecule has 0 atom stereocenters. The molecule has 0 bridgehead atoms. The van der Waals surface area contributed by atoms with Gasteiger partial charge in [-0.25, -0.2) is 9.07 Å². The number of hydrogen-bond acceptors (Lipinski definition) is 5. The highest BCUT2D eigenvalue weighted by atomic mass is 19.1. The van der Waals surface area contributed by atoms with Crippen LogP contribution in [0.25, 0.3) is 27.6 Å². The van der Waals surface area contributed by atoms with Crippen molar-refractivity contribution in [3.05, 3.63) is 64.2 Å². The van der Waals surface area contributed by atoms with Gasteiger partial charge < -0.3 is 10.2 Å². The summed E-state index contributed by atoms with van der Waals surface area (Å²) in [5.41, 5.74) is 1.33. The molecule has 36 heavy (non-hydrogen) atoms. The number of carbonyl (C=O) groups is 1. The van der Waals surface area contributed by atoms with Crippen molar-refractivity contribution in [1.29, 1.82) is 0 Å². The summed E-state index contributed by atoms with van der Waals surface area (Å²) in [4.78, 5) is 28.0. The van der Waals surface area contributed by atoms with Crippen LogP contribution in [0.15, 0.2) is 47.3 Å². The molecule has 0 radical (unpaired) electrons. The lowest BCUT2D eigenvalue weighted by Crippen LogP contribution is -2.29. The first kappa shape index (κ1) is 24.1. The first-order valence-corrected chi connectivity index (χ1v) is 12.7. The number of H-pyrrole nitrogens is 1. The summed E-state index contributed by atoms with van der Waals surface area (Å²) in [6.07, 6.45) is 5.92. The molecule has 0 aliphatic heterocycles.